The fraction of sp³-hybridized carbons (Fsp3) is 0.429. The number of amides is 2. The zero-order valence-corrected chi connectivity index (χ0v) is 11.4. The highest BCUT2D eigenvalue weighted by Gasteiger charge is 2.52. The van der Waals surface area contributed by atoms with E-state index in [9.17, 15) is 24.9 Å². The van der Waals surface area contributed by atoms with E-state index < -0.39 is 49.1 Å². The molecule has 22 heavy (non-hydrogen) atoms. The van der Waals surface area contributed by atoms with E-state index in [0.29, 0.717) is 4.90 Å². The van der Waals surface area contributed by atoms with Crippen LogP contribution in [0.2, 0.25) is 0 Å². The molecular formula is C14H15NO7. The number of carbonyl (C=O) groups is 2. The van der Waals surface area contributed by atoms with E-state index in [1.165, 1.54) is 12.1 Å². The molecule has 1 saturated heterocycles. The van der Waals surface area contributed by atoms with Gasteiger partial charge in [-0.25, -0.2) is 0 Å². The molecule has 8 nitrogen and oxygen atoms in total. The number of hydrogen-bond donors (Lipinski definition) is 4. The molecule has 0 saturated carbocycles. The van der Waals surface area contributed by atoms with Crippen molar-refractivity contribution in [3.63, 3.8) is 0 Å². The van der Waals surface area contributed by atoms with Crippen LogP contribution in [0.4, 0.5) is 0 Å². The molecule has 0 aromatic heterocycles. The number of ether oxygens (including phenoxy) is 1. The maximum atomic E-state index is 12.4. The van der Waals surface area contributed by atoms with Crippen molar-refractivity contribution in [2.75, 3.05) is 6.61 Å². The third-order valence-corrected chi connectivity index (χ3v) is 3.99. The van der Waals surface area contributed by atoms with Crippen molar-refractivity contribution in [2.24, 2.45) is 0 Å². The van der Waals surface area contributed by atoms with Crippen molar-refractivity contribution in [2.45, 2.75) is 30.6 Å². The lowest BCUT2D eigenvalue weighted by atomic mass is 9.96. The lowest BCUT2D eigenvalue weighted by Crippen LogP contribution is -2.65. The molecule has 118 valence electrons. The first-order valence-electron chi connectivity index (χ1n) is 6.74. The second kappa shape index (κ2) is 5.41. The lowest BCUT2D eigenvalue weighted by Gasteiger charge is -2.42. The molecule has 2 heterocycles. The summed E-state index contributed by atoms with van der Waals surface area (Å²) >= 11 is 0. The van der Waals surface area contributed by atoms with Gasteiger partial charge in [-0.1, -0.05) is 12.1 Å². The van der Waals surface area contributed by atoms with Crippen LogP contribution in [-0.4, -0.2) is 74.4 Å². The minimum absolute atomic E-state index is 0.158. The zero-order chi connectivity index (χ0) is 16.0. The average Bonchev–Trinajstić information content (AvgIpc) is 2.77. The summed E-state index contributed by atoms with van der Waals surface area (Å²) in [5, 5.41) is 39.0. The van der Waals surface area contributed by atoms with Gasteiger partial charge in [0, 0.05) is 0 Å². The monoisotopic (exact) mass is 309 g/mol. The summed E-state index contributed by atoms with van der Waals surface area (Å²) in [5.41, 5.74) is 0.316. The Morgan fingerprint density at radius 1 is 1.00 bits per heavy atom. The molecule has 0 bridgehead atoms. The summed E-state index contributed by atoms with van der Waals surface area (Å²) in [6.45, 7) is -0.621. The molecule has 1 fully saturated rings. The number of nitrogens with zero attached hydrogens (tertiary/aromatic N) is 1. The predicted molar refractivity (Wildman–Crippen MR) is 70.7 cm³/mol. The van der Waals surface area contributed by atoms with E-state index in [2.05, 4.69) is 0 Å². The highest BCUT2D eigenvalue weighted by atomic mass is 16.6. The zero-order valence-electron chi connectivity index (χ0n) is 11.4. The number of fused-ring (bicyclic) bond motifs is 1. The van der Waals surface area contributed by atoms with Gasteiger partial charge in [0.05, 0.1) is 17.7 Å². The molecule has 0 radical (unpaired) electrons. The highest BCUT2D eigenvalue weighted by molar-refractivity contribution is 6.21. The van der Waals surface area contributed by atoms with E-state index in [1.807, 2.05) is 0 Å². The number of rotatable bonds is 2. The van der Waals surface area contributed by atoms with E-state index in [-0.39, 0.29) is 11.1 Å². The standard InChI is InChI=1S/C14H15NO7/c16-5-8-10(17)11(18)9(14(21)22-8)15-12(19)6-3-1-2-4-7(6)13(15)20/h1-4,8-11,14,16-18,21H,5H2/t8-,9+,10-,11-,14?/m1/s1. The van der Waals surface area contributed by atoms with Crippen LogP contribution in [-0.2, 0) is 4.74 Å². The summed E-state index contributed by atoms with van der Waals surface area (Å²) in [7, 11) is 0. The Kier molecular flexibility index (Phi) is 3.71. The average molecular weight is 309 g/mol. The number of aliphatic hydroxyl groups excluding tert-OH is 4. The van der Waals surface area contributed by atoms with Crippen LogP contribution < -0.4 is 0 Å². The smallest absolute Gasteiger partial charge is 0.262 e. The molecule has 0 aliphatic carbocycles. The predicted octanol–water partition coefficient (Wildman–Crippen LogP) is -1.92. The Bertz CT molecular complexity index is 584. The van der Waals surface area contributed by atoms with E-state index in [4.69, 9.17) is 9.84 Å². The Hall–Kier alpha value is -1.84. The number of aliphatic hydroxyl groups is 4. The van der Waals surface area contributed by atoms with Crippen LogP contribution in [0.5, 0.6) is 0 Å². The first-order chi connectivity index (χ1) is 10.5. The third kappa shape index (κ3) is 2.04. The molecule has 0 spiro atoms. The SMILES string of the molecule is O=C1c2ccccc2C(=O)N1[C@@H]1C(O)O[C@H](CO)[C@@H](O)[C@@H]1O. The Balaban J connectivity index is 1.95. The quantitative estimate of drug-likeness (QED) is 0.469. The van der Waals surface area contributed by atoms with E-state index >= 15 is 0 Å². The summed E-state index contributed by atoms with van der Waals surface area (Å²) < 4.78 is 4.99. The maximum absolute atomic E-state index is 12.4. The molecule has 1 unspecified atom stereocenters. The van der Waals surface area contributed by atoms with Gasteiger partial charge in [-0.05, 0) is 12.1 Å². The van der Waals surface area contributed by atoms with Gasteiger partial charge in [0.1, 0.15) is 24.4 Å². The van der Waals surface area contributed by atoms with Crippen LogP contribution in [0.1, 0.15) is 20.7 Å². The second-order valence-electron chi connectivity index (χ2n) is 5.25. The summed E-state index contributed by atoms with van der Waals surface area (Å²) in [6.07, 6.45) is -6.08. The highest BCUT2D eigenvalue weighted by Crippen LogP contribution is 2.31. The van der Waals surface area contributed by atoms with Crippen LogP contribution in [0.15, 0.2) is 24.3 Å². The summed E-state index contributed by atoms with van der Waals surface area (Å²) in [6, 6.07) is 4.66. The summed E-state index contributed by atoms with van der Waals surface area (Å²) in [5.74, 6) is -1.36. The topological polar surface area (TPSA) is 128 Å². The Morgan fingerprint density at radius 3 is 2.05 bits per heavy atom. The number of benzene rings is 1. The van der Waals surface area contributed by atoms with Gasteiger partial charge in [-0.15, -0.1) is 0 Å². The van der Waals surface area contributed by atoms with Gasteiger partial charge < -0.3 is 25.2 Å². The molecule has 1 aromatic carbocycles. The third-order valence-electron chi connectivity index (χ3n) is 3.99. The maximum Gasteiger partial charge on any atom is 0.262 e. The normalized spacial score (nSPS) is 34.9. The molecule has 2 aliphatic heterocycles. The fourth-order valence-electron chi connectivity index (χ4n) is 2.84. The van der Waals surface area contributed by atoms with Crippen LogP contribution in [0.25, 0.3) is 0 Å². The largest absolute Gasteiger partial charge is 0.394 e. The van der Waals surface area contributed by atoms with Crippen molar-refractivity contribution in [1.29, 1.82) is 0 Å². The number of imide groups is 1. The molecule has 4 N–H and O–H groups in total. The molecule has 2 amide bonds. The van der Waals surface area contributed by atoms with Gasteiger partial charge in [-0.3, -0.25) is 14.5 Å². The molecule has 3 rings (SSSR count). The van der Waals surface area contributed by atoms with Gasteiger partial charge >= 0.3 is 0 Å². The first-order valence-corrected chi connectivity index (χ1v) is 6.74. The van der Waals surface area contributed by atoms with Crippen molar-refractivity contribution in [3.05, 3.63) is 35.4 Å². The van der Waals surface area contributed by atoms with Crippen LogP contribution in [0.3, 0.4) is 0 Å². The van der Waals surface area contributed by atoms with Gasteiger partial charge in [-0.2, -0.15) is 0 Å². The molecule has 1 aromatic rings. The molecule has 8 heteroatoms. The second-order valence-corrected chi connectivity index (χ2v) is 5.25. The van der Waals surface area contributed by atoms with Gasteiger partial charge in [0.25, 0.3) is 11.8 Å². The van der Waals surface area contributed by atoms with Crippen molar-refractivity contribution in [3.8, 4) is 0 Å². The molecular weight excluding hydrogens is 294 g/mol. The fourth-order valence-corrected chi connectivity index (χ4v) is 2.84. The van der Waals surface area contributed by atoms with Crippen LogP contribution in [0, 0.1) is 0 Å². The van der Waals surface area contributed by atoms with E-state index in [0.717, 1.165) is 0 Å². The summed E-state index contributed by atoms with van der Waals surface area (Å²) in [4.78, 5) is 25.4. The van der Waals surface area contributed by atoms with Crippen molar-refractivity contribution in [1.82, 2.24) is 4.90 Å². The Morgan fingerprint density at radius 2 is 1.55 bits per heavy atom. The van der Waals surface area contributed by atoms with Gasteiger partial charge in [0.15, 0.2) is 6.29 Å². The molecule has 5 atom stereocenters. The first kappa shape index (κ1) is 15.1. The molecule has 2 aliphatic rings. The minimum Gasteiger partial charge on any atom is -0.394 e. The lowest BCUT2D eigenvalue weighted by molar-refractivity contribution is -0.263. The van der Waals surface area contributed by atoms with E-state index in [1.54, 1.807) is 12.1 Å². The number of carbonyl (C=O) groups excluding carboxylic acids is 2. The number of hydrogen-bond acceptors (Lipinski definition) is 7. The minimum atomic E-state index is -1.71. The van der Waals surface area contributed by atoms with Crippen molar-refractivity contribution < 1.29 is 34.8 Å². The Labute approximate surface area is 125 Å². The van der Waals surface area contributed by atoms with Crippen molar-refractivity contribution >= 4 is 11.8 Å². The van der Waals surface area contributed by atoms with Gasteiger partial charge in [0.2, 0.25) is 0 Å². The van der Waals surface area contributed by atoms with Crippen LogP contribution >= 0.6 is 0 Å².